The molecule has 170 valence electrons. The van der Waals surface area contributed by atoms with Crippen molar-refractivity contribution in [2.75, 3.05) is 0 Å². The van der Waals surface area contributed by atoms with Crippen molar-refractivity contribution < 1.29 is 4.79 Å². The van der Waals surface area contributed by atoms with Gasteiger partial charge in [-0.3, -0.25) is 4.79 Å². The topological polar surface area (TPSA) is 20.3 Å². The molecule has 0 aliphatic carbocycles. The number of rotatable bonds is 18. The van der Waals surface area contributed by atoms with Crippen molar-refractivity contribution in [2.24, 2.45) is 0 Å². The summed E-state index contributed by atoms with van der Waals surface area (Å²) < 4.78 is 0. The number of carbonyl (C=O) groups is 1. The van der Waals surface area contributed by atoms with E-state index in [2.05, 4.69) is 45.1 Å². The first-order chi connectivity index (χ1) is 14.6. The highest BCUT2D eigenvalue weighted by molar-refractivity contribution is 5.76. The van der Waals surface area contributed by atoms with Crippen LogP contribution in [0.3, 0.4) is 0 Å². The number of benzene rings is 1. The lowest BCUT2D eigenvalue weighted by atomic mass is 10.1. The zero-order chi connectivity index (χ0) is 21.9. The quantitative estimate of drug-likeness (QED) is 0.174. The normalized spacial score (nSPS) is 11.5. The smallest absolute Gasteiger partial charge is 0.223 e. The van der Waals surface area contributed by atoms with Crippen molar-refractivity contribution in [2.45, 2.75) is 123 Å². The van der Waals surface area contributed by atoms with Crippen LogP contribution in [0.1, 0.15) is 116 Å². The zero-order valence-electron chi connectivity index (χ0n) is 20.1. The highest BCUT2D eigenvalue weighted by Crippen LogP contribution is 2.14. The molecule has 0 atom stereocenters. The molecule has 30 heavy (non-hydrogen) atoms. The summed E-state index contributed by atoms with van der Waals surface area (Å²) in [5.41, 5.74) is 1.21. The number of amides is 1. The summed E-state index contributed by atoms with van der Waals surface area (Å²) in [6, 6.07) is 10.6. The molecule has 1 aromatic carbocycles. The van der Waals surface area contributed by atoms with Gasteiger partial charge in [-0.1, -0.05) is 101 Å². The van der Waals surface area contributed by atoms with Gasteiger partial charge in [-0.2, -0.15) is 0 Å². The Morgan fingerprint density at radius 2 is 1.33 bits per heavy atom. The van der Waals surface area contributed by atoms with Gasteiger partial charge in [-0.15, -0.1) is 0 Å². The highest BCUT2D eigenvalue weighted by atomic mass is 16.2. The number of hydrogen-bond acceptors (Lipinski definition) is 1. The van der Waals surface area contributed by atoms with Crippen molar-refractivity contribution in [3.63, 3.8) is 0 Å². The van der Waals surface area contributed by atoms with E-state index < -0.39 is 0 Å². The van der Waals surface area contributed by atoms with Crippen molar-refractivity contribution >= 4 is 5.91 Å². The first-order valence-corrected chi connectivity index (χ1v) is 12.6. The summed E-state index contributed by atoms with van der Waals surface area (Å²) >= 11 is 0. The van der Waals surface area contributed by atoms with Gasteiger partial charge >= 0.3 is 0 Å². The van der Waals surface area contributed by atoms with Gasteiger partial charge in [0.05, 0.1) is 0 Å². The van der Waals surface area contributed by atoms with E-state index in [1.807, 2.05) is 23.1 Å². The van der Waals surface area contributed by atoms with Gasteiger partial charge < -0.3 is 4.90 Å². The Kier molecular flexibility index (Phi) is 16.1. The molecule has 0 unspecified atom stereocenters. The highest BCUT2D eigenvalue weighted by Gasteiger charge is 2.16. The second kappa shape index (κ2) is 18.2. The van der Waals surface area contributed by atoms with Gasteiger partial charge in [0.25, 0.3) is 0 Å². The fraction of sp³-hybridized carbons (Fsp3) is 0.679. The molecule has 0 radical (unpaired) electrons. The van der Waals surface area contributed by atoms with E-state index in [4.69, 9.17) is 0 Å². The standard InChI is InChI=1S/C28H47NO/c1-4-5-6-7-8-9-10-11-12-13-14-15-16-17-21-24-28(30)29(26(2)3)25-27-22-19-18-20-23-27/h11-12,18-20,22-23,26H,4-10,13-17,21,24-25H2,1-3H3/b12-11-. The Balaban J connectivity index is 2.02. The van der Waals surface area contributed by atoms with Gasteiger partial charge in [0.2, 0.25) is 5.91 Å². The third-order valence-corrected chi connectivity index (χ3v) is 5.79. The SMILES string of the molecule is CCCCCCCC/C=C\CCCCCCCC(=O)N(Cc1ccccc1)C(C)C. The van der Waals surface area contributed by atoms with E-state index in [1.54, 1.807) is 0 Å². The maximum atomic E-state index is 12.6. The van der Waals surface area contributed by atoms with Crippen LogP contribution in [0.15, 0.2) is 42.5 Å². The van der Waals surface area contributed by atoms with E-state index in [0.717, 1.165) is 13.0 Å². The number of nitrogens with zero attached hydrogens (tertiary/aromatic N) is 1. The first kappa shape index (κ1) is 26.5. The molecule has 0 saturated carbocycles. The van der Waals surface area contributed by atoms with Crippen LogP contribution in [0.5, 0.6) is 0 Å². The Hall–Kier alpha value is -1.57. The molecule has 0 fully saturated rings. The summed E-state index contributed by atoms with van der Waals surface area (Å²) in [4.78, 5) is 14.7. The van der Waals surface area contributed by atoms with Crippen LogP contribution in [0, 0.1) is 0 Å². The van der Waals surface area contributed by atoms with Gasteiger partial charge in [-0.05, 0) is 51.5 Å². The van der Waals surface area contributed by atoms with Gasteiger partial charge in [-0.25, -0.2) is 0 Å². The lowest BCUT2D eigenvalue weighted by Gasteiger charge is -2.27. The lowest BCUT2D eigenvalue weighted by molar-refractivity contribution is -0.133. The van der Waals surface area contributed by atoms with Crippen molar-refractivity contribution in [1.82, 2.24) is 4.90 Å². The lowest BCUT2D eigenvalue weighted by Crippen LogP contribution is -2.36. The van der Waals surface area contributed by atoms with Crippen LogP contribution < -0.4 is 0 Å². The van der Waals surface area contributed by atoms with Gasteiger partial charge in [0.1, 0.15) is 0 Å². The molecule has 0 spiro atoms. The third kappa shape index (κ3) is 13.6. The summed E-state index contributed by atoms with van der Waals surface area (Å²) in [7, 11) is 0. The minimum Gasteiger partial charge on any atom is -0.336 e. The minimum atomic E-state index is 0.251. The number of allylic oxidation sites excluding steroid dienone is 2. The largest absolute Gasteiger partial charge is 0.336 e. The second-order valence-electron chi connectivity index (χ2n) is 8.94. The predicted molar refractivity (Wildman–Crippen MR) is 132 cm³/mol. The average molecular weight is 414 g/mol. The molecule has 0 aliphatic rings. The molecule has 0 saturated heterocycles. The number of hydrogen-bond donors (Lipinski definition) is 0. The molecular weight excluding hydrogens is 366 g/mol. The van der Waals surface area contributed by atoms with Crippen LogP contribution in [0.2, 0.25) is 0 Å². The van der Waals surface area contributed by atoms with Gasteiger partial charge in [0, 0.05) is 19.0 Å². The van der Waals surface area contributed by atoms with Gasteiger partial charge in [0.15, 0.2) is 0 Å². The molecule has 1 aromatic rings. The van der Waals surface area contributed by atoms with Crippen LogP contribution >= 0.6 is 0 Å². The van der Waals surface area contributed by atoms with Crippen molar-refractivity contribution in [3.8, 4) is 0 Å². The number of carbonyl (C=O) groups excluding carboxylic acids is 1. The molecule has 1 amide bonds. The van der Waals surface area contributed by atoms with E-state index in [-0.39, 0.29) is 6.04 Å². The fourth-order valence-electron chi connectivity index (χ4n) is 3.83. The van der Waals surface area contributed by atoms with Crippen molar-refractivity contribution in [3.05, 3.63) is 48.0 Å². The maximum Gasteiger partial charge on any atom is 0.223 e. The molecule has 0 bridgehead atoms. The predicted octanol–water partition coefficient (Wildman–Crippen LogP) is 8.46. The Labute approximate surface area is 187 Å². The monoisotopic (exact) mass is 413 g/mol. The second-order valence-corrected chi connectivity index (χ2v) is 8.94. The summed E-state index contributed by atoms with van der Waals surface area (Å²) in [5, 5.41) is 0. The Morgan fingerprint density at radius 3 is 1.90 bits per heavy atom. The minimum absolute atomic E-state index is 0.251. The first-order valence-electron chi connectivity index (χ1n) is 12.6. The maximum absolute atomic E-state index is 12.6. The van der Waals surface area contributed by atoms with Crippen molar-refractivity contribution in [1.29, 1.82) is 0 Å². The molecule has 2 nitrogen and oxygen atoms in total. The average Bonchev–Trinajstić information content (AvgIpc) is 2.75. The zero-order valence-corrected chi connectivity index (χ0v) is 20.1. The van der Waals surface area contributed by atoms with E-state index >= 15 is 0 Å². The molecule has 0 aromatic heterocycles. The molecule has 2 heteroatoms. The third-order valence-electron chi connectivity index (χ3n) is 5.79. The van der Waals surface area contributed by atoms with Crippen LogP contribution in [0.4, 0.5) is 0 Å². The molecule has 0 heterocycles. The van der Waals surface area contributed by atoms with E-state index in [1.165, 1.54) is 82.6 Å². The van der Waals surface area contributed by atoms with Crippen LogP contribution in [-0.2, 0) is 11.3 Å². The molecular formula is C28H47NO. The van der Waals surface area contributed by atoms with Crippen LogP contribution in [0.25, 0.3) is 0 Å². The number of unbranched alkanes of at least 4 members (excludes halogenated alkanes) is 11. The Morgan fingerprint density at radius 1 is 0.800 bits per heavy atom. The fourth-order valence-corrected chi connectivity index (χ4v) is 3.83. The molecule has 0 N–H and O–H groups in total. The summed E-state index contributed by atoms with van der Waals surface area (Å²) in [6.07, 6.45) is 22.2. The summed E-state index contributed by atoms with van der Waals surface area (Å²) in [6.45, 7) is 7.22. The van der Waals surface area contributed by atoms with E-state index in [9.17, 15) is 4.79 Å². The molecule has 1 rings (SSSR count). The van der Waals surface area contributed by atoms with Crippen LogP contribution in [-0.4, -0.2) is 16.8 Å². The summed E-state index contributed by atoms with van der Waals surface area (Å²) in [5.74, 6) is 0.298. The molecule has 0 aliphatic heterocycles. The van der Waals surface area contributed by atoms with E-state index in [0.29, 0.717) is 12.3 Å². The Bertz CT molecular complexity index is 549.